The molecule has 0 aliphatic heterocycles. The molecule has 1 N–H and O–H groups in total. The second kappa shape index (κ2) is 8.38. The number of hydrogen-bond acceptors (Lipinski definition) is 5. The lowest BCUT2D eigenvalue weighted by molar-refractivity contribution is 0.0945. The highest BCUT2D eigenvalue weighted by Gasteiger charge is 2.12. The SMILES string of the molecule is CCCc1ncncc1C(=O)NCCOc1cccc2ccc(C)nc12. The second-order valence-corrected chi connectivity index (χ2v) is 6.02. The summed E-state index contributed by atoms with van der Waals surface area (Å²) in [7, 11) is 0. The maximum absolute atomic E-state index is 12.3. The van der Waals surface area contributed by atoms with Gasteiger partial charge in [-0.25, -0.2) is 15.0 Å². The normalized spacial score (nSPS) is 10.7. The Bertz CT molecular complexity index is 911. The maximum Gasteiger partial charge on any atom is 0.254 e. The zero-order chi connectivity index (χ0) is 18.4. The molecule has 3 rings (SSSR count). The molecular weight excluding hydrogens is 328 g/mol. The van der Waals surface area contributed by atoms with Crippen LogP contribution in [0.25, 0.3) is 10.9 Å². The highest BCUT2D eigenvalue weighted by molar-refractivity contribution is 5.94. The molecule has 26 heavy (non-hydrogen) atoms. The van der Waals surface area contributed by atoms with Crippen molar-refractivity contribution in [3.8, 4) is 5.75 Å². The van der Waals surface area contributed by atoms with Gasteiger partial charge in [0.1, 0.15) is 24.2 Å². The summed E-state index contributed by atoms with van der Waals surface area (Å²) in [6.45, 7) is 4.75. The fraction of sp³-hybridized carbons (Fsp3) is 0.300. The van der Waals surface area contributed by atoms with Gasteiger partial charge in [-0.2, -0.15) is 0 Å². The van der Waals surface area contributed by atoms with E-state index in [9.17, 15) is 4.79 Å². The third-order valence-corrected chi connectivity index (χ3v) is 3.99. The first-order valence-corrected chi connectivity index (χ1v) is 8.75. The number of nitrogens with zero attached hydrogens (tertiary/aromatic N) is 3. The molecule has 2 heterocycles. The Kier molecular flexibility index (Phi) is 5.73. The summed E-state index contributed by atoms with van der Waals surface area (Å²) in [4.78, 5) is 25.0. The predicted molar refractivity (Wildman–Crippen MR) is 100 cm³/mol. The molecule has 0 atom stereocenters. The van der Waals surface area contributed by atoms with E-state index in [1.54, 1.807) is 6.20 Å². The number of nitrogens with one attached hydrogen (secondary N) is 1. The standard InChI is InChI=1S/C20H22N4O2/c1-3-5-17-16(12-21-13-23-17)20(25)22-10-11-26-18-7-4-6-15-9-8-14(2)24-19(15)18/h4,6-9,12-13H,3,5,10-11H2,1-2H3,(H,22,25). The number of hydrogen-bond donors (Lipinski definition) is 1. The molecule has 3 aromatic rings. The minimum atomic E-state index is -0.176. The Balaban J connectivity index is 1.60. The molecule has 0 unspecified atom stereocenters. The third-order valence-electron chi connectivity index (χ3n) is 3.99. The maximum atomic E-state index is 12.3. The molecule has 0 spiro atoms. The Labute approximate surface area is 152 Å². The van der Waals surface area contributed by atoms with Gasteiger partial charge in [0, 0.05) is 17.3 Å². The third kappa shape index (κ3) is 4.14. The van der Waals surface area contributed by atoms with Crippen molar-refractivity contribution in [1.82, 2.24) is 20.3 Å². The van der Waals surface area contributed by atoms with E-state index in [-0.39, 0.29) is 5.91 Å². The van der Waals surface area contributed by atoms with Crippen molar-refractivity contribution in [3.05, 3.63) is 59.8 Å². The minimum Gasteiger partial charge on any atom is -0.489 e. The van der Waals surface area contributed by atoms with Crippen LogP contribution in [-0.2, 0) is 6.42 Å². The van der Waals surface area contributed by atoms with E-state index >= 15 is 0 Å². The van der Waals surface area contributed by atoms with Gasteiger partial charge >= 0.3 is 0 Å². The second-order valence-electron chi connectivity index (χ2n) is 6.02. The smallest absolute Gasteiger partial charge is 0.254 e. The summed E-state index contributed by atoms with van der Waals surface area (Å²) < 4.78 is 5.83. The van der Waals surface area contributed by atoms with Crippen LogP contribution >= 0.6 is 0 Å². The van der Waals surface area contributed by atoms with Gasteiger partial charge in [-0.15, -0.1) is 0 Å². The summed E-state index contributed by atoms with van der Waals surface area (Å²) in [6, 6.07) is 9.83. The molecule has 0 fully saturated rings. The summed E-state index contributed by atoms with van der Waals surface area (Å²) in [5, 5.41) is 3.89. The molecule has 0 saturated heterocycles. The molecule has 0 radical (unpaired) electrons. The quantitative estimate of drug-likeness (QED) is 0.663. The molecule has 0 aliphatic carbocycles. The largest absolute Gasteiger partial charge is 0.489 e. The predicted octanol–water partition coefficient (Wildman–Crippen LogP) is 3.09. The number of amides is 1. The number of rotatable bonds is 7. The Hall–Kier alpha value is -3.02. The first-order chi connectivity index (χ1) is 12.7. The van der Waals surface area contributed by atoms with Crippen molar-refractivity contribution < 1.29 is 9.53 Å². The highest BCUT2D eigenvalue weighted by Crippen LogP contribution is 2.23. The highest BCUT2D eigenvalue weighted by atomic mass is 16.5. The van der Waals surface area contributed by atoms with Crippen molar-refractivity contribution in [1.29, 1.82) is 0 Å². The Morgan fingerprint density at radius 2 is 2.12 bits per heavy atom. The van der Waals surface area contributed by atoms with Gasteiger partial charge in [0.2, 0.25) is 0 Å². The monoisotopic (exact) mass is 350 g/mol. The first-order valence-electron chi connectivity index (χ1n) is 8.75. The van der Waals surface area contributed by atoms with Crippen LogP contribution in [0.2, 0.25) is 0 Å². The lowest BCUT2D eigenvalue weighted by Gasteiger charge is -2.11. The number of pyridine rings is 1. The van der Waals surface area contributed by atoms with Crippen LogP contribution in [0, 0.1) is 6.92 Å². The van der Waals surface area contributed by atoms with Crippen molar-refractivity contribution in [2.24, 2.45) is 0 Å². The van der Waals surface area contributed by atoms with E-state index in [0.717, 1.165) is 40.9 Å². The van der Waals surface area contributed by atoms with Gasteiger partial charge < -0.3 is 10.1 Å². The zero-order valence-corrected chi connectivity index (χ0v) is 15.0. The van der Waals surface area contributed by atoms with Gasteiger partial charge in [0.25, 0.3) is 5.91 Å². The van der Waals surface area contributed by atoms with Crippen molar-refractivity contribution in [3.63, 3.8) is 0 Å². The van der Waals surface area contributed by atoms with Crippen LogP contribution in [0.4, 0.5) is 0 Å². The molecule has 1 amide bonds. The first kappa shape index (κ1) is 17.8. The molecule has 0 saturated carbocycles. The molecule has 6 nitrogen and oxygen atoms in total. The van der Waals surface area contributed by atoms with E-state index in [1.807, 2.05) is 37.3 Å². The van der Waals surface area contributed by atoms with E-state index in [4.69, 9.17) is 4.74 Å². The molecule has 1 aromatic carbocycles. The van der Waals surface area contributed by atoms with Gasteiger partial charge in [0.15, 0.2) is 0 Å². The number of carbonyl (C=O) groups excluding carboxylic acids is 1. The number of benzene rings is 1. The summed E-state index contributed by atoms with van der Waals surface area (Å²) in [6.07, 6.45) is 4.71. The van der Waals surface area contributed by atoms with Crippen LogP contribution in [0.3, 0.4) is 0 Å². The topological polar surface area (TPSA) is 77.0 Å². The van der Waals surface area contributed by atoms with Crippen LogP contribution in [-0.4, -0.2) is 34.0 Å². The fourth-order valence-corrected chi connectivity index (χ4v) is 2.74. The van der Waals surface area contributed by atoms with Crippen molar-refractivity contribution in [2.45, 2.75) is 26.7 Å². The lowest BCUT2D eigenvalue weighted by Crippen LogP contribution is -2.29. The van der Waals surface area contributed by atoms with Gasteiger partial charge in [-0.1, -0.05) is 31.5 Å². The fourth-order valence-electron chi connectivity index (χ4n) is 2.74. The summed E-state index contributed by atoms with van der Waals surface area (Å²) in [5.41, 5.74) is 3.07. The van der Waals surface area contributed by atoms with Crippen LogP contribution in [0.5, 0.6) is 5.75 Å². The molecule has 0 bridgehead atoms. The molecule has 6 heteroatoms. The number of aromatic nitrogens is 3. The molecule has 134 valence electrons. The van der Waals surface area contributed by atoms with Crippen molar-refractivity contribution in [2.75, 3.05) is 13.2 Å². The number of carbonyl (C=O) groups is 1. The average molecular weight is 350 g/mol. The Morgan fingerprint density at radius 1 is 1.23 bits per heavy atom. The number of fused-ring (bicyclic) bond motifs is 1. The van der Waals surface area contributed by atoms with Gasteiger partial charge in [0.05, 0.1) is 17.8 Å². The minimum absolute atomic E-state index is 0.176. The van der Waals surface area contributed by atoms with E-state index in [1.165, 1.54) is 6.33 Å². The number of ether oxygens (including phenoxy) is 1. The van der Waals surface area contributed by atoms with E-state index in [2.05, 4.69) is 27.2 Å². The summed E-state index contributed by atoms with van der Waals surface area (Å²) >= 11 is 0. The molecular formula is C20H22N4O2. The van der Waals surface area contributed by atoms with E-state index < -0.39 is 0 Å². The van der Waals surface area contributed by atoms with Crippen LogP contribution in [0.15, 0.2) is 42.9 Å². The van der Waals surface area contributed by atoms with E-state index in [0.29, 0.717) is 18.7 Å². The average Bonchev–Trinajstić information content (AvgIpc) is 2.66. The number of aryl methyl sites for hydroxylation is 2. The Morgan fingerprint density at radius 3 is 2.96 bits per heavy atom. The van der Waals surface area contributed by atoms with Gasteiger partial charge in [-0.05, 0) is 25.5 Å². The van der Waals surface area contributed by atoms with Crippen LogP contribution < -0.4 is 10.1 Å². The lowest BCUT2D eigenvalue weighted by atomic mass is 10.1. The van der Waals surface area contributed by atoms with Crippen molar-refractivity contribution >= 4 is 16.8 Å². The van der Waals surface area contributed by atoms with Crippen LogP contribution in [0.1, 0.15) is 35.1 Å². The zero-order valence-electron chi connectivity index (χ0n) is 15.0. The molecule has 0 aliphatic rings. The molecule has 2 aromatic heterocycles. The number of para-hydroxylation sites is 1. The summed E-state index contributed by atoms with van der Waals surface area (Å²) in [5.74, 6) is 0.541. The van der Waals surface area contributed by atoms with Gasteiger partial charge in [-0.3, -0.25) is 4.79 Å².